The molecule has 1 unspecified atom stereocenters. The van der Waals surface area contributed by atoms with Gasteiger partial charge in [-0.2, -0.15) is 0 Å². The summed E-state index contributed by atoms with van der Waals surface area (Å²) >= 11 is 0. The van der Waals surface area contributed by atoms with Crippen molar-refractivity contribution in [3.8, 4) is 5.75 Å². The number of nitrogens with zero attached hydrogens (tertiary/aromatic N) is 3. The summed E-state index contributed by atoms with van der Waals surface area (Å²) in [6, 6.07) is 14.6. The number of rotatable bonds is 7. The van der Waals surface area contributed by atoms with Crippen LogP contribution in [0.1, 0.15) is 58.3 Å². The number of carbonyl (C=O) groups excluding carboxylic acids is 1. The van der Waals surface area contributed by atoms with E-state index >= 15 is 0 Å². The average Bonchev–Trinajstić information content (AvgIpc) is 3.23. The van der Waals surface area contributed by atoms with Crippen molar-refractivity contribution < 1.29 is 9.53 Å². The molecule has 168 valence electrons. The van der Waals surface area contributed by atoms with Gasteiger partial charge in [0.2, 0.25) is 0 Å². The van der Waals surface area contributed by atoms with Gasteiger partial charge in [-0.05, 0) is 68.1 Å². The van der Waals surface area contributed by atoms with Gasteiger partial charge in [0.25, 0.3) is 5.91 Å². The van der Waals surface area contributed by atoms with Crippen molar-refractivity contribution in [3.63, 3.8) is 0 Å². The highest BCUT2D eigenvalue weighted by Gasteiger charge is 2.30. The zero-order valence-electron chi connectivity index (χ0n) is 19.4. The van der Waals surface area contributed by atoms with Gasteiger partial charge in [0, 0.05) is 31.7 Å². The molecule has 0 radical (unpaired) electrons. The van der Waals surface area contributed by atoms with Gasteiger partial charge in [-0.15, -0.1) is 0 Å². The van der Waals surface area contributed by atoms with Crippen LogP contribution in [-0.2, 0) is 13.0 Å². The lowest BCUT2D eigenvalue weighted by atomic mass is 9.87. The lowest BCUT2D eigenvalue weighted by Gasteiger charge is -2.38. The second-order valence-corrected chi connectivity index (χ2v) is 8.25. The molecule has 0 saturated carbocycles. The predicted octanol–water partition coefficient (Wildman–Crippen LogP) is 4.36. The number of ether oxygens (including phenoxy) is 1. The number of hydrogen-bond acceptors (Lipinski definition) is 4. The van der Waals surface area contributed by atoms with Crippen molar-refractivity contribution in [2.24, 2.45) is 0 Å². The molecule has 1 amide bonds. The molecule has 6 nitrogen and oxygen atoms in total. The van der Waals surface area contributed by atoms with Gasteiger partial charge in [0.1, 0.15) is 5.75 Å². The molecule has 2 aromatic carbocycles. The molecule has 2 heterocycles. The summed E-state index contributed by atoms with van der Waals surface area (Å²) in [5.41, 5.74) is 6.67. The summed E-state index contributed by atoms with van der Waals surface area (Å²) in [7, 11) is 1.71. The van der Waals surface area contributed by atoms with E-state index in [9.17, 15) is 4.79 Å². The Balaban J connectivity index is 1.71. The van der Waals surface area contributed by atoms with Crippen LogP contribution >= 0.6 is 0 Å². The van der Waals surface area contributed by atoms with Gasteiger partial charge in [-0.3, -0.25) is 9.69 Å². The molecule has 0 aliphatic carbocycles. The Morgan fingerprint density at radius 3 is 2.56 bits per heavy atom. The number of aromatic nitrogens is 2. The highest BCUT2D eigenvalue weighted by atomic mass is 16.5. The summed E-state index contributed by atoms with van der Waals surface area (Å²) in [5.74, 6) is 0.943. The Morgan fingerprint density at radius 2 is 1.94 bits per heavy atom. The van der Waals surface area contributed by atoms with Crippen LogP contribution < -0.4 is 4.74 Å². The molecule has 1 N–H and O–H groups in total. The highest BCUT2D eigenvalue weighted by Crippen LogP contribution is 2.38. The fraction of sp³-hybridized carbons (Fsp3) is 0.385. The molecule has 6 heteroatoms. The van der Waals surface area contributed by atoms with E-state index in [-0.39, 0.29) is 11.9 Å². The van der Waals surface area contributed by atoms with Crippen LogP contribution in [0.25, 0.3) is 0 Å². The molecule has 32 heavy (non-hydrogen) atoms. The molecule has 4 rings (SSSR count). The third-order valence-corrected chi connectivity index (χ3v) is 6.50. The van der Waals surface area contributed by atoms with Crippen LogP contribution in [0.2, 0.25) is 0 Å². The molecule has 1 aliphatic heterocycles. The second kappa shape index (κ2) is 9.57. The van der Waals surface area contributed by atoms with Crippen LogP contribution in [0, 0.1) is 6.92 Å². The van der Waals surface area contributed by atoms with E-state index in [2.05, 4.69) is 39.1 Å². The summed E-state index contributed by atoms with van der Waals surface area (Å²) in [6.45, 7) is 9.22. The van der Waals surface area contributed by atoms with Gasteiger partial charge in [-0.25, -0.2) is 4.98 Å². The summed E-state index contributed by atoms with van der Waals surface area (Å²) in [6.07, 6.45) is 2.75. The van der Waals surface area contributed by atoms with Crippen molar-refractivity contribution in [3.05, 3.63) is 82.4 Å². The predicted molar refractivity (Wildman–Crippen MR) is 126 cm³/mol. The van der Waals surface area contributed by atoms with Crippen LogP contribution in [-0.4, -0.2) is 52.4 Å². The minimum Gasteiger partial charge on any atom is -0.497 e. The summed E-state index contributed by atoms with van der Waals surface area (Å²) in [4.78, 5) is 24.8. The summed E-state index contributed by atoms with van der Waals surface area (Å²) in [5, 5.41) is 0. The maximum Gasteiger partial charge on any atom is 0.253 e. The smallest absolute Gasteiger partial charge is 0.253 e. The van der Waals surface area contributed by atoms with E-state index < -0.39 is 0 Å². The molecule has 1 aromatic heterocycles. The fourth-order valence-corrected chi connectivity index (χ4v) is 4.59. The first-order valence-electron chi connectivity index (χ1n) is 11.3. The van der Waals surface area contributed by atoms with Crippen LogP contribution in [0.4, 0.5) is 0 Å². The normalized spacial score (nSPS) is 15.9. The van der Waals surface area contributed by atoms with Gasteiger partial charge < -0.3 is 14.6 Å². The molecule has 1 aliphatic rings. The number of fused-ring (bicyclic) bond motifs is 1. The number of methoxy groups -OCH3 is 1. The molecule has 0 fully saturated rings. The lowest BCUT2D eigenvalue weighted by Crippen LogP contribution is -2.36. The van der Waals surface area contributed by atoms with E-state index in [4.69, 9.17) is 4.74 Å². The molecule has 0 spiro atoms. The van der Waals surface area contributed by atoms with E-state index in [0.29, 0.717) is 13.1 Å². The number of amides is 1. The Morgan fingerprint density at radius 1 is 1.19 bits per heavy atom. The largest absolute Gasteiger partial charge is 0.497 e. The van der Waals surface area contributed by atoms with Crippen molar-refractivity contribution in [2.75, 3.05) is 26.7 Å². The molecule has 0 saturated heterocycles. The van der Waals surface area contributed by atoms with E-state index in [0.717, 1.165) is 42.2 Å². The molecule has 1 atom stereocenters. The first kappa shape index (κ1) is 22.1. The van der Waals surface area contributed by atoms with E-state index in [1.165, 1.54) is 16.7 Å². The Kier molecular flexibility index (Phi) is 6.61. The Bertz CT molecular complexity index is 1070. The Labute approximate surface area is 190 Å². The third kappa shape index (κ3) is 4.28. The average molecular weight is 433 g/mol. The third-order valence-electron chi connectivity index (χ3n) is 6.50. The SMILES string of the molecule is CCN(CC)C(=O)c1ccc(C2c3cc(OC)ccc3CCN2Cc2[nH]cnc2C)cc1. The number of aromatic amines is 1. The minimum absolute atomic E-state index is 0.0779. The molecular weight excluding hydrogens is 400 g/mol. The highest BCUT2D eigenvalue weighted by molar-refractivity contribution is 5.94. The number of aryl methyl sites for hydroxylation is 1. The number of benzene rings is 2. The van der Waals surface area contributed by atoms with Crippen molar-refractivity contribution in [1.29, 1.82) is 0 Å². The van der Waals surface area contributed by atoms with Gasteiger partial charge >= 0.3 is 0 Å². The molecular formula is C26H32N4O2. The van der Waals surface area contributed by atoms with Gasteiger partial charge in [0.05, 0.1) is 30.9 Å². The number of imidazole rings is 1. The van der Waals surface area contributed by atoms with Crippen LogP contribution in [0.3, 0.4) is 0 Å². The van der Waals surface area contributed by atoms with E-state index in [1.807, 2.05) is 43.9 Å². The van der Waals surface area contributed by atoms with Gasteiger partial charge in [-0.1, -0.05) is 18.2 Å². The van der Waals surface area contributed by atoms with Crippen molar-refractivity contribution in [1.82, 2.24) is 19.8 Å². The van der Waals surface area contributed by atoms with E-state index in [1.54, 1.807) is 13.4 Å². The zero-order valence-corrected chi connectivity index (χ0v) is 19.4. The Hall–Kier alpha value is -3.12. The summed E-state index contributed by atoms with van der Waals surface area (Å²) < 4.78 is 5.54. The van der Waals surface area contributed by atoms with Crippen molar-refractivity contribution >= 4 is 5.91 Å². The topological polar surface area (TPSA) is 61.5 Å². The molecule has 0 bridgehead atoms. The number of nitrogens with one attached hydrogen (secondary N) is 1. The first-order chi connectivity index (χ1) is 15.5. The maximum absolute atomic E-state index is 12.8. The molecule has 3 aromatic rings. The standard InChI is InChI=1S/C26H32N4O2/c1-5-29(6-2)26(31)21-9-7-20(8-10-21)25-23-15-22(32-4)12-11-19(23)13-14-30(25)16-24-18(3)27-17-28-24/h7-12,15,17,25H,5-6,13-14,16H2,1-4H3,(H,27,28). The quantitative estimate of drug-likeness (QED) is 0.603. The number of carbonyl (C=O) groups is 1. The zero-order chi connectivity index (χ0) is 22.7. The van der Waals surface area contributed by atoms with Crippen molar-refractivity contribution in [2.45, 2.75) is 39.8 Å². The van der Waals surface area contributed by atoms with Crippen LogP contribution in [0.5, 0.6) is 5.75 Å². The second-order valence-electron chi connectivity index (χ2n) is 8.25. The monoisotopic (exact) mass is 432 g/mol. The van der Waals surface area contributed by atoms with Crippen LogP contribution in [0.15, 0.2) is 48.8 Å². The minimum atomic E-state index is 0.0779. The number of hydrogen-bond donors (Lipinski definition) is 1. The lowest BCUT2D eigenvalue weighted by molar-refractivity contribution is 0.0773. The fourth-order valence-electron chi connectivity index (χ4n) is 4.59. The van der Waals surface area contributed by atoms with Gasteiger partial charge in [0.15, 0.2) is 0 Å². The number of H-pyrrole nitrogens is 1. The first-order valence-corrected chi connectivity index (χ1v) is 11.3. The maximum atomic E-state index is 12.8.